The van der Waals surface area contributed by atoms with Gasteiger partial charge in [0, 0.05) is 0 Å². The lowest BCUT2D eigenvalue weighted by Crippen LogP contribution is -2.47. The van der Waals surface area contributed by atoms with Gasteiger partial charge in [0.1, 0.15) is 11.8 Å². The van der Waals surface area contributed by atoms with Crippen LogP contribution in [-0.4, -0.2) is 28.7 Å². The Hall–Kier alpha value is -2.95. The number of carbonyl (C=O) groups is 3. The van der Waals surface area contributed by atoms with E-state index < -0.39 is 23.8 Å². The van der Waals surface area contributed by atoms with Gasteiger partial charge in [-0.25, -0.2) is 4.79 Å². The summed E-state index contributed by atoms with van der Waals surface area (Å²) >= 11 is 0. The molecule has 0 saturated carbocycles. The summed E-state index contributed by atoms with van der Waals surface area (Å²) in [5.41, 5.74) is 0.655. The van der Waals surface area contributed by atoms with Crippen LogP contribution in [0.4, 0.5) is 0 Å². The van der Waals surface area contributed by atoms with Crippen molar-refractivity contribution in [3.63, 3.8) is 0 Å². The van der Waals surface area contributed by atoms with E-state index in [0.717, 1.165) is 4.90 Å². The molecule has 5 heteroatoms. The molecule has 128 valence electrons. The van der Waals surface area contributed by atoms with Crippen molar-refractivity contribution in [3.8, 4) is 5.75 Å². The highest BCUT2D eigenvalue weighted by Gasteiger charge is 2.43. The zero-order valence-corrected chi connectivity index (χ0v) is 14.1. The molecule has 0 radical (unpaired) electrons. The number of hydrogen-bond donors (Lipinski definition) is 0. The molecular formula is C20H19NO4. The number of ether oxygens (including phenoxy) is 1. The Balaban J connectivity index is 1.90. The third-order valence-electron chi connectivity index (χ3n) is 4.07. The Morgan fingerprint density at radius 2 is 1.44 bits per heavy atom. The summed E-state index contributed by atoms with van der Waals surface area (Å²) in [5, 5.41) is 0. The van der Waals surface area contributed by atoms with Crippen LogP contribution in [0.2, 0.25) is 0 Å². The summed E-state index contributed by atoms with van der Waals surface area (Å²) in [4.78, 5) is 39.1. The molecule has 2 aromatic carbocycles. The minimum atomic E-state index is -0.951. The summed E-state index contributed by atoms with van der Waals surface area (Å²) in [6, 6.07) is 14.3. The smallest absolute Gasteiger partial charge is 0.334 e. The van der Waals surface area contributed by atoms with Crippen LogP contribution in [0.3, 0.4) is 0 Å². The van der Waals surface area contributed by atoms with Gasteiger partial charge in [0.15, 0.2) is 0 Å². The first kappa shape index (κ1) is 16.9. The average Bonchev–Trinajstić information content (AvgIpc) is 2.85. The van der Waals surface area contributed by atoms with Gasteiger partial charge in [0.2, 0.25) is 0 Å². The van der Waals surface area contributed by atoms with E-state index >= 15 is 0 Å². The van der Waals surface area contributed by atoms with Gasteiger partial charge < -0.3 is 4.74 Å². The lowest BCUT2D eigenvalue weighted by molar-refractivity contribution is -0.139. The molecule has 2 amide bonds. The molecule has 0 unspecified atom stereocenters. The van der Waals surface area contributed by atoms with Gasteiger partial charge in [0.05, 0.1) is 11.1 Å². The van der Waals surface area contributed by atoms with E-state index in [2.05, 4.69) is 0 Å². The Morgan fingerprint density at radius 1 is 0.920 bits per heavy atom. The topological polar surface area (TPSA) is 63.7 Å². The van der Waals surface area contributed by atoms with Crippen molar-refractivity contribution in [3.05, 3.63) is 65.7 Å². The van der Waals surface area contributed by atoms with Crippen molar-refractivity contribution in [2.75, 3.05) is 0 Å². The minimum absolute atomic E-state index is 0.109. The second kappa shape index (κ2) is 6.89. The number of imide groups is 1. The molecular weight excluding hydrogens is 318 g/mol. The number of fused-ring (bicyclic) bond motifs is 1. The van der Waals surface area contributed by atoms with Gasteiger partial charge >= 0.3 is 5.97 Å². The first-order valence-electron chi connectivity index (χ1n) is 8.22. The largest absolute Gasteiger partial charge is 0.425 e. The zero-order chi connectivity index (χ0) is 18.0. The number of benzene rings is 2. The van der Waals surface area contributed by atoms with E-state index in [1.54, 1.807) is 48.5 Å². The molecule has 0 fully saturated rings. The van der Waals surface area contributed by atoms with E-state index in [9.17, 15) is 14.4 Å². The predicted molar refractivity (Wildman–Crippen MR) is 92.3 cm³/mol. The van der Waals surface area contributed by atoms with Crippen LogP contribution < -0.4 is 4.74 Å². The monoisotopic (exact) mass is 337 g/mol. The zero-order valence-electron chi connectivity index (χ0n) is 14.1. The lowest BCUT2D eigenvalue weighted by atomic mass is 10.0. The predicted octanol–water partition coefficient (Wildman–Crippen LogP) is 3.30. The molecule has 1 heterocycles. The van der Waals surface area contributed by atoms with E-state index in [1.165, 1.54) is 0 Å². The summed E-state index contributed by atoms with van der Waals surface area (Å²) < 4.78 is 5.40. The molecule has 2 aromatic rings. The van der Waals surface area contributed by atoms with Crippen molar-refractivity contribution in [2.45, 2.75) is 26.3 Å². The highest BCUT2D eigenvalue weighted by atomic mass is 16.5. The van der Waals surface area contributed by atoms with Crippen LogP contribution in [0.25, 0.3) is 0 Å². The van der Waals surface area contributed by atoms with Crippen LogP contribution in [0, 0.1) is 5.92 Å². The van der Waals surface area contributed by atoms with E-state index in [1.807, 2.05) is 19.9 Å². The third-order valence-corrected chi connectivity index (χ3v) is 4.07. The Kier molecular flexibility index (Phi) is 4.65. The molecule has 0 aromatic heterocycles. The summed E-state index contributed by atoms with van der Waals surface area (Å²) in [6.45, 7) is 3.86. The highest BCUT2D eigenvalue weighted by Crippen LogP contribution is 2.27. The van der Waals surface area contributed by atoms with Crippen LogP contribution >= 0.6 is 0 Å². The second-order valence-corrected chi connectivity index (χ2v) is 6.41. The van der Waals surface area contributed by atoms with Crippen LogP contribution in [0.15, 0.2) is 54.6 Å². The number of esters is 1. The molecule has 1 aliphatic rings. The summed E-state index contributed by atoms with van der Waals surface area (Å²) in [5.74, 6) is -1.00. The summed E-state index contributed by atoms with van der Waals surface area (Å²) in [6.07, 6.45) is 0.344. The van der Waals surface area contributed by atoms with Crippen molar-refractivity contribution in [1.82, 2.24) is 4.90 Å². The van der Waals surface area contributed by atoms with Gasteiger partial charge in [-0.1, -0.05) is 44.2 Å². The Morgan fingerprint density at radius 3 is 1.96 bits per heavy atom. The van der Waals surface area contributed by atoms with Crippen LogP contribution in [0.1, 0.15) is 41.0 Å². The molecule has 1 atom stereocenters. The quantitative estimate of drug-likeness (QED) is 0.477. The van der Waals surface area contributed by atoms with E-state index in [-0.39, 0.29) is 5.92 Å². The van der Waals surface area contributed by atoms with Crippen LogP contribution in [-0.2, 0) is 4.79 Å². The lowest BCUT2D eigenvalue weighted by Gasteiger charge is -2.25. The summed E-state index contributed by atoms with van der Waals surface area (Å²) in [7, 11) is 0. The number of carbonyl (C=O) groups excluding carboxylic acids is 3. The van der Waals surface area contributed by atoms with Gasteiger partial charge in [-0.05, 0) is 36.6 Å². The fourth-order valence-corrected chi connectivity index (χ4v) is 2.92. The van der Waals surface area contributed by atoms with Crippen molar-refractivity contribution in [1.29, 1.82) is 0 Å². The Bertz CT molecular complexity index is 778. The van der Waals surface area contributed by atoms with Crippen molar-refractivity contribution < 1.29 is 19.1 Å². The highest BCUT2D eigenvalue weighted by molar-refractivity contribution is 6.22. The number of amides is 2. The maximum atomic E-state index is 12.7. The van der Waals surface area contributed by atoms with Gasteiger partial charge in [0.25, 0.3) is 11.8 Å². The molecule has 3 rings (SSSR count). The first-order valence-corrected chi connectivity index (χ1v) is 8.22. The molecule has 25 heavy (non-hydrogen) atoms. The third kappa shape index (κ3) is 3.31. The minimum Gasteiger partial charge on any atom is -0.425 e. The van der Waals surface area contributed by atoms with E-state index in [4.69, 9.17) is 4.74 Å². The van der Waals surface area contributed by atoms with Crippen molar-refractivity contribution >= 4 is 17.8 Å². The molecule has 5 nitrogen and oxygen atoms in total. The Labute approximate surface area is 146 Å². The van der Waals surface area contributed by atoms with Gasteiger partial charge in [-0.15, -0.1) is 0 Å². The fourth-order valence-electron chi connectivity index (χ4n) is 2.92. The van der Waals surface area contributed by atoms with Crippen LogP contribution in [0.5, 0.6) is 5.75 Å². The maximum absolute atomic E-state index is 12.7. The molecule has 0 N–H and O–H groups in total. The van der Waals surface area contributed by atoms with Crippen molar-refractivity contribution in [2.24, 2.45) is 5.92 Å². The normalized spacial score (nSPS) is 14.6. The number of nitrogens with zero attached hydrogens (tertiary/aromatic N) is 1. The number of hydrogen-bond acceptors (Lipinski definition) is 4. The number of para-hydroxylation sites is 1. The SMILES string of the molecule is CC(C)C[C@@H](C(=O)Oc1ccccc1)N1C(=O)c2ccccc2C1=O. The molecule has 0 saturated heterocycles. The standard InChI is InChI=1S/C20H19NO4/c1-13(2)12-17(20(24)25-14-8-4-3-5-9-14)21-18(22)15-10-6-7-11-16(15)19(21)23/h3-11,13,17H,12H2,1-2H3/t17-/m0/s1. The fraction of sp³-hybridized carbons (Fsp3) is 0.250. The molecule has 0 bridgehead atoms. The maximum Gasteiger partial charge on any atom is 0.334 e. The first-order chi connectivity index (χ1) is 12.0. The molecule has 0 spiro atoms. The van der Waals surface area contributed by atoms with Gasteiger partial charge in [-0.2, -0.15) is 0 Å². The average molecular weight is 337 g/mol. The second-order valence-electron chi connectivity index (χ2n) is 6.41. The molecule has 0 aliphatic carbocycles. The molecule has 1 aliphatic heterocycles. The number of rotatable bonds is 5. The van der Waals surface area contributed by atoms with E-state index in [0.29, 0.717) is 23.3 Å². The van der Waals surface area contributed by atoms with Gasteiger partial charge in [-0.3, -0.25) is 14.5 Å².